The zero-order valence-electron chi connectivity index (χ0n) is 12.6. The van der Waals surface area contributed by atoms with E-state index in [1.165, 1.54) is 12.1 Å². The summed E-state index contributed by atoms with van der Waals surface area (Å²) in [5.41, 5.74) is 0.790. The molecule has 2 rings (SSSR count). The molecular weight excluding hydrogens is 287 g/mol. The Labute approximate surface area is 129 Å². The van der Waals surface area contributed by atoms with Gasteiger partial charge in [0.15, 0.2) is 0 Å². The SMILES string of the molecule is C[C@H]1CNCCN1C(=O)CNC(=O)NCc1ccc(F)cc1. The van der Waals surface area contributed by atoms with Crippen molar-refractivity contribution in [2.24, 2.45) is 0 Å². The summed E-state index contributed by atoms with van der Waals surface area (Å²) in [6.07, 6.45) is 0. The van der Waals surface area contributed by atoms with Gasteiger partial charge in [0.05, 0.1) is 6.54 Å². The van der Waals surface area contributed by atoms with Crippen molar-refractivity contribution in [2.75, 3.05) is 26.2 Å². The third-order valence-corrected chi connectivity index (χ3v) is 3.59. The maximum atomic E-state index is 12.8. The Morgan fingerprint density at radius 3 is 2.73 bits per heavy atom. The first-order valence-corrected chi connectivity index (χ1v) is 7.32. The Balaban J connectivity index is 1.70. The minimum atomic E-state index is -0.416. The monoisotopic (exact) mass is 308 g/mol. The number of piperazine rings is 1. The van der Waals surface area contributed by atoms with E-state index in [0.717, 1.165) is 18.7 Å². The molecule has 0 aromatic heterocycles. The van der Waals surface area contributed by atoms with Crippen LogP contribution in [0.3, 0.4) is 0 Å². The van der Waals surface area contributed by atoms with E-state index in [-0.39, 0.29) is 30.9 Å². The van der Waals surface area contributed by atoms with Crippen LogP contribution in [0.1, 0.15) is 12.5 Å². The second-order valence-electron chi connectivity index (χ2n) is 5.30. The number of carbonyl (C=O) groups excluding carboxylic acids is 2. The predicted octanol–water partition coefficient (Wildman–Crippen LogP) is 0.445. The lowest BCUT2D eigenvalue weighted by Crippen LogP contribution is -2.55. The Morgan fingerprint density at radius 2 is 2.05 bits per heavy atom. The molecule has 0 radical (unpaired) electrons. The molecule has 0 bridgehead atoms. The minimum absolute atomic E-state index is 0.0282. The smallest absolute Gasteiger partial charge is 0.315 e. The van der Waals surface area contributed by atoms with Gasteiger partial charge in [-0.2, -0.15) is 0 Å². The summed E-state index contributed by atoms with van der Waals surface area (Å²) in [5.74, 6) is -0.408. The van der Waals surface area contributed by atoms with Crippen molar-refractivity contribution in [1.82, 2.24) is 20.9 Å². The number of nitrogens with zero attached hydrogens (tertiary/aromatic N) is 1. The zero-order chi connectivity index (χ0) is 15.9. The number of amides is 3. The number of hydrogen-bond donors (Lipinski definition) is 3. The molecule has 1 aliphatic heterocycles. The van der Waals surface area contributed by atoms with E-state index in [1.807, 2.05) is 6.92 Å². The Bertz CT molecular complexity index is 521. The summed E-state index contributed by atoms with van der Waals surface area (Å²) in [7, 11) is 0. The molecule has 0 unspecified atom stereocenters. The van der Waals surface area contributed by atoms with Gasteiger partial charge in [-0.25, -0.2) is 9.18 Å². The number of hydrogen-bond acceptors (Lipinski definition) is 3. The van der Waals surface area contributed by atoms with Gasteiger partial charge in [0.1, 0.15) is 5.82 Å². The van der Waals surface area contributed by atoms with Crippen molar-refractivity contribution in [2.45, 2.75) is 19.5 Å². The normalized spacial score (nSPS) is 17.9. The Hall–Kier alpha value is -2.15. The molecule has 1 aromatic rings. The number of rotatable bonds is 4. The van der Waals surface area contributed by atoms with Crippen molar-refractivity contribution in [3.05, 3.63) is 35.6 Å². The van der Waals surface area contributed by atoms with Crippen LogP contribution in [-0.2, 0) is 11.3 Å². The highest BCUT2D eigenvalue weighted by Gasteiger charge is 2.22. The van der Waals surface area contributed by atoms with E-state index in [0.29, 0.717) is 6.54 Å². The number of halogens is 1. The topological polar surface area (TPSA) is 73.5 Å². The van der Waals surface area contributed by atoms with Gasteiger partial charge >= 0.3 is 6.03 Å². The highest BCUT2D eigenvalue weighted by molar-refractivity contribution is 5.84. The van der Waals surface area contributed by atoms with Crippen LogP contribution in [0.25, 0.3) is 0 Å². The molecule has 7 heteroatoms. The van der Waals surface area contributed by atoms with Crippen LogP contribution in [-0.4, -0.2) is 49.1 Å². The molecule has 1 aliphatic rings. The summed E-state index contributed by atoms with van der Waals surface area (Å²) in [6.45, 7) is 4.41. The van der Waals surface area contributed by atoms with Gasteiger partial charge in [-0.15, -0.1) is 0 Å². The number of benzene rings is 1. The lowest BCUT2D eigenvalue weighted by molar-refractivity contribution is -0.132. The fourth-order valence-electron chi connectivity index (χ4n) is 2.32. The average Bonchev–Trinajstić information content (AvgIpc) is 2.52. The van der Waals surface area contributed by atoms with E-state index < -0.39 is 6.03 Å². The van der Waals surface area contributed by atoms with Crippen LogP contribution in [0.5, 0.6) is 0 Å². The maximum absolute atomic E-state index is 12.8. The van der Waals surface area contributed by atoms with Crippen molar-refractivity contribution in [3.8, 4) is 0 Å². The van der Waals surface area contributed by atoms with E-state index in [9.17, 15) is 14.0 Å². The molecule has 0 spiro atoms. The van der Waals surface area contributed by atoms with E-state index in [1.54, 1.807) is 17.0 Å². The first-order chi connectivity index (χ1) is 10.6. The second-order valence-corrected chi connectivity index (χ2v) is 5.30. The molecule has 0 saturated carbocycles. The van der Waals surface area contributed by atoms with Gasteiger partial charge in [-0.05, 0) is 24.6 Å². The van der Waals surface area contributed by atoms with E-state index in [4.69, 9.17) is 0 Å². The molecule has 1 aromatic carbocycles. The largest absolute Gasteiger partial charge is 0.336 e. The predicted molar refractivity (Wildman–Crippen MR) is 80.7 cm³/mol. The van der Waals surface area contributed by atoms with Gasteiger partial charge in [0.2, 0.25) is 5.91 Å². The summed E-state index contributed by atoms with van der Waals surface area (Å²) in [4.78, 5) is 25.5. The lowest BCUT2D eigenvalue weighted by Gasteiger charge is -2.34. The standard InChI is InChI=1S/C15H21FN4O2/c1-11-8-17-6-7-20(11)14(21)10-19-15(22)18-9-12-2-4-13(16)5-3-12/h2-5,11,17H,6-10H2,1H3,(H2,18,19,22)/t11-/m0/s1. The summed E-state index contributed by atoms with van der Waals surface area (Å²) >= 11 is 0. The average molecular weight is 308 g/mol. The molecule has 1 heterocycles. The number of carbonyl (C=O) groups is 2. The quantitative estimate of drug-likeness (QED) is 0.756. The van der Waals surface area contributed by atoms with Crippen molar-refractivity contribution >= 4 is 11.9 Å². The fraction of sp³-hybridized carbons (Fsp3) is 0.467. The van der Waals surface area contributed by atoms with Crippen LogP contribution < -0.4 is 16.0 Å². The molecule has 22 heavy (non-hydrogen) atoms. The van der Waals surface area contributed by atoms with Gasteiger partial charge in [0, 0.05) is 32.2 Å². The Morgan fingerprint density at radius 1 is 1.32 bits per heavy atom. The third-order valence-electron chi connectivity index (χ3n) is 3.59. The maximum Gasteiger partial charge on any atom is 0.315 e. The molecule has 1 atom stereocenters. The van der Waals surface area contributed by atoms with Crippen LogP contribution in [0.2, 0.25) is 0 Å². The highest BCUT2D eigenvalue weighted by atomic mass is 19.1. The minimum Gasteiger partial charge on any atom is -0.336 e. The number of nitrogens with one attached hydrogen (secondary N) is 3. The molecule has 1 saturated heterocycles. The zero-order valence-corrected chi connectivity index (χ0v) is 12.6. The fourth-order valence-corrected chi connectivity index (χ4v) is 2.32. The van der Waals surface area contributed by atoms with E-state index in [2.05, 4.69) is 16.0 Å². The van der Waals surface area contributed by atoms with Gasteiger partial charge in [0.25, 0.3) is 0 Å². The second kappa shape index (κ2) is 7.74. The molecule has 120 valence electrons. The molecule has 3 amide bonds. The van der Waals surface area contributed by atoms with Crippen LogP contribution in [0, 0.1) is 5.82 Å². The van der Waals surface area contributed by atoms with Crippen molar-refractivity contribution < 1.29 is 14.0 Å². The van der Waals surface area contributed by atoms with Crippen molar-refractivity contribution in [1.29, 1.82) is 0 Å². The lowest BCUT2D eigenvalue weighted by atomic mass is 10.2. The first-order valence-electron chi connectivity index (χ1n) is 7.32. The van der Waals surface area contributed by atoms with Crippen LogP contribution in [0.15, 0.2) is 24.3 Å². The van der Waals surface area contributed by atoms with E-state index >= 15 is 0 Å². The summed E-state index contributed by atoms with van der Waals surface area (Å²) in [6, 6.07) is 5.59. The molecule has 1 fully saturated rings. The van der Waals surface area contributed by atoms with Gasteiger partial charge in [-0.3, -0.25) is 4.79 Å². The third kappa shape index (κ3) is 4.70. The molecule has 0 aliphatic carbocycles. The Kier molecular flexibility index (Phi) is 5.71. The van der Waals surface area contributed by atoms with Crippen LogP contribution in [0.4, 0.5) is 9.18 Å². The summed E-state index contributed by atoms with van der Waals surface area (Å²) < 4.78 is 12.8. The van der Waals surface area contributed by atoms with Gasteiger partial charge in [-0.1, -0.05) is 12.1 Å². The molecule has 6 nitrogen and oxygen atoms in total. The van der Waals surface area contributed by atoms with Crippen LogP contribution >= 0.6 is 0 Å². The summed E-state index contributed by atoms with van der Waals surface area (Å²) in [5, 5.41) is 8.38. The first kappa shape index (κ1) is 16.2. The highest BCUT2D eigenvalue weighted by Crippen LogP contribution is 2.03. The molecule has 3 N–H and O–H groups in total. The van der Waals surface area contributed by atoms with Gasteiger partial charge < -0.3 is 20.9 Å². The number of urea groups is 1. The molecular formula is C15H21FN4O2. The van der Waals surface area contributed by atoms with Crippen molar-refractivity contribution in [3.63, 3.8) is 0 Å².